The monoisotopic (exact) mass is 663 g/mol. The van der Waals surface area contributed by atoms with Gasteiger partial charge in [-0.05, 0) is 78.9 Å². The molecule has 1 aliphatic heterocycles. The molecule has 0 saturated carbocycles. The maximum atomic E-state index is 13.7. The third-order valence-corrected chi connectivity index (χ3v) is 9.34. The summed E-state index contributed by atoms with van der Waals surface area (Å²) >= 11 is 2.52. The molecule has 1 atom stereocenters. The molecule has 1 unspecified atom stereocenters. The molecule has 1 aliphatic rings. The molecule has 5 rings (SSSR count). The maximum Gasteiger partial charge on any atom is 0.301 e. The SMILES string of the molecule is CCOc1ccc(/C(O)=C2/C(=O)C(=O)N(c3nnc(SCc4ccc(F)cc4)s3)C2c2ccc(OCCC(C)C)c(OC)c2)cc1. The Hall–Kier alpha value is -4.42. The van der Waals surface area contributed by atoms with Crippen molar-refractivity contribution in [2.45, 2.75) is 43.3 Å². The number of halogens is 1. The van der Waals surface area contributed by atoms with Crippen molar-refractivity contribution in [2.24, 2.45) is 5.92 Å². The molecule has 0 bridgehead atoms. The van der Waals surface area contributed by atoms with E-state index in [9.17, 15) is 19.1 Å². The number of rotatable bonds is 13. The normalized spacial score (nSPS) is 15.9. The number of aliphatic hydroxyl groups excluding tert-OH is 1. The van der Waals surface area contributed by atoms with Gasteiger partial charge in [-0.2, -0.15) is 0 Å². The molecule has 1 amide bonds. The Balaban J connectivity index is 1.54. The van der Waals surface area contributed by atoms with Crippen LogP contribution in [0.5, 0.6) is 17.2 Å². The van der Waals surface area contributed by atoms with Gasteiger partial charge in [-0.15, -0.1) is 10.2 Å². The highest BCUT2D eigenvalue weighted by Gasteiger charge is 2.48. The number of amides is 1. The Labute approximate surface area is 275 Å². The minimum atomic E-state index is -1.03. The van der Waals surface area contributed by atoms with E-state index in [1.165, 1.54) is 35.9 Å². The molecular formula is C34H34FN3O6S2. The maximum absolute atomic E-state index is 13.7. The van der Waals surface area contributed by atoms with Crippen LogP contribution in [0.1, 0.15) is 49.9 Å². The number of ketones is 1. The van der Waals surface area contributed by atoms with Crippen LogP contribution in [0, 0.1) is 11.7 Å². The van der Waals surface area contributed by atoms with Crippen molar-refractivity contribution in [1.82, 2.24) is 10.2 Å². The molecule has 0 spiro atoms. The number of aliphatic hydroxyl groups is 1. The predicted octanol–water partition coefficient (Wildman–Crippen LogP) is 7.43. The second kappa shape index (κ2) is 14.8. The van der Waals surface area contributed by atoms with E-state index in [0.717, 1.165) is 23.3 Å². The van der Waals surface area contributed by atoms with Gasteiger partial charge in [0.1, 0.15) is 17.3 Å². The van der Waals surface area contributed by atoms with Gasteiger partial charge in [0.25, 0.3) is 5.78 Å². The molecule has 1 fully saturated rings. The van der Waals surface area contributed by atoms with Crippen LogP contribution in [0.3, 0.4) is 0 Å². The number of carbonyl (C=O) groups excluding carboxylic acids is 2. The molecule has 2 heterocycles. The molecule has 240 valence electrons. The Morgan fingerprint density at radius 2 is 1.76 bits per heavy atom. The van der Waals surface area contributed by atoms with Crippen LogP contribution in [0.4, 0.5) is 9.52 Å². The van der Waals surface area contributed by atoms with Gasteiger partial charge >= 0.3 is 5.91 Å². The van der Waals surface area contributed by atoms with Crippen LogP contribution in [0.25, 0.3) is 5.76 Å². The number of thioether (sulfide) groups is 1. The number of benzene rings is 3. The van der Waals surface area contributed by atoms with Crippen LogP contribution >= 0.6 is 23.1 Å². The molecular weight excluding hydrogens is 630 g/mol. The highest BCUT2D eigenvalue weighted by atomic mass is 32.2. The summed E-state index contributed by atoms with van der Waals surface area (Å²) in [7, 11) is 1.51. The van der Waals surface area contributed by atoms with E-state index in [2.05, 4.69) is 24.0 Å². The number of anilines is 1. The van der Waals surface area contributed by atoms with Gasteiger partial charge in [-0.25, -0.2) is 4.39 Å². The number of hydrogen-bond donors (Lipinski definition) is 1. The lowest BCUT2D eigenvalue weighted by Crippen LogP contribution is -2.29. The first-order valence-electron chi connectivity index (χ1n) is 14.8. The topological polar surface area (TPSA) is 111 Å². The Morgan fingerprint density at radius 1 is 1.02 bits per heavy atom. The van der Waals surface area contributed by atoms with Crippen molar-refractivity contribution in [1.29, 1.82) is 0 Å². The summed E-state index contributed by atoms with van der Waals surface area (Å²) in [5.41, 5.74) is 1.65. The Kier molecular flexibility index (Phi) is 10.6. The average Bonchev–Trinajstić information content (AvgIpc) is 3.62. The van der Waals surface area contributed by atoms with E-state index in [1.807, 2.05) is 6.92 Å². The first-order chi connectivity index (χ1) is 22.2. The molecule has 1 saturated heterocycles. The van der Waals surface area contributed by atoms with Gasteiger partial charge in [-0.3, -0.25) is 14.5 Å². The molecule has 0 aliphatic carbocycles. The first kappa shape index (κ1) is 33.0. The summed E-state index contributed by atoms with van der Waals surface area (Å²) in [5, 5.41) is 20.2. The number of hydrogen-bond acceptors (Lipinski definition) is 10. The quantitative estimate of drug-likeness (QED) is 0.0513. The van der Waals surface area contributed by atoms with E-state index in [0.29, 0.717) is 57.6 Å². The lowest BCUT2D eigenvalue weighted by atomic mass is 9.95. The lowest BCUT2D eigenvalue weighted by molar-refractivity contribution is -0.132. The van der Waals surface area contributed by atoms with Gasteiger partial charge in [0.2, 0.25) is 5.13 Å². The van der Waals surface area contributed by atoms with Crippen molar-refractivity contribution in [3.05, 3.63) is 94.8 Å². The molecule has 46 heavy (non-hydrogen) atoms. The van der Waals surface area contributed by atoms with Crippen LogP contribution < -0.4 is 19.1 Å². The molecule has 0 radical (unpaired) electrons. The van der Waals surface area contributed by atoms with Crippen molar-refractivity contribution in [2.75, 3.05) is 25.2 Å². The van der Waals surface area contributed by atoms with Crippen molar-refractivity contribution >= 4 is 45.7 Å². The number of carbonyl (C=O) groups is 2. The van der Waals surface area contributed by atoms with Gasteiger partial charge in [-0.1, -0.05) is 55.1 Å². The molecule has 4 aromatic rings. The summed E-state index contributed by atoms with van der Waals surface area (Å²) < 4.78 is 31.0. The summed E-state index contributed by atoms with van der Waals surface area (Å²) in [6.07, 6.45) is 0.853. The van der Waals surface area contributed by atoms with Gasteiger partial charge in [0.05, 0.1) is 31.9 Å². The van der Waals surface area contributed by atoms with Crippen LogP contribution in [0.15, 0.2) is 76.6 Å². The molecule has 1 N–H and O–H groups in total. The number of aromatic nitrogens is 2. The van der Waals surface area contributed by atoms with E-state index in [1.54, 1.807) is 54.6 Å². The van der Waals surface area contributed by atoms with E-state index >= 15 is 0 Å². The zero-order valence-corrected chi connectivity index (χ0v) is 27.5. The fourth-order valence-electron chi connectivity index (χ4n) is 4.84. The standard InChI is InChI=1S/C34H34FN3O6S2/c1-5-43-25-13-8-22(9-14-25)30(39)28-29(23-10-15-26(27(18-23)42-4)44-17-16-20(2)3)38(32(41)31(28)40)33-36-37-34(46-33)45-19-21-6-11-24(35)12-7-21/h6-15,18,20,29,39H,5,16-17,19H2,1-4H3/b30-28-. The highest BCUT2D eigenvalue weighted by molar-refractivity contribution is 8.00. The second-order valence-corrected chi connectivity index (χ2v) is 13.0. The molecule has 9 nitrogen and oxygen atoms in total. The van der Waals surface area contributed by atoms with Crippen LogP contribution in [0.2, 0.25) is 0 Å². The minimum absolute atomic E-state index is 0.0968. The van der Waals surface area contributed by atoms with Gasteiger partial charge in [0.15, 0.2) is 15.8 Å². The number of nitrogens with zero attached hydrogens (tertiary/aromatic N) is 3. The Bertz CT molecular complexity index is 1720. The van der Waals surface area contributed by atoms with Gasteiger partial charge < -0.3 is 19.3 Å². The lowest BCUT2D eigenvalue weighted by Gasteiger charge is -2.23. The third kappa shape index (κ3) is 7.34. The van der Waals surface area contributed by atoms with Crippen LogP contribution in [-0.2, 0) is 15.3 Å². The van der Waals surface area contributed by atoms with Crippen molar-refractivity contribution in [3.8, 4) is 17.2 Å². The molecule has 3 aromatic carbocycles. The minimum Gasteiger partial charge on any atom is -0.507 e. The highest BCUT2D eigenvalue weighted by Crippen LogP contribution is 2.45. The number of methoxy groups -OCH3 is 1. The fourth-order valence-corrected chi connectivity index (χ4v) is 6.66. The van der Waals surface area contributed by atoms with E-state index in [-0.39, 0.29) is 22.3 Å². The molecule has 1 aromatic heterocycles. The smallest absolute Gasteiger partial charge is 0.301 e. The Morgan fingerprint density at radius 3 is 2.43 bits per heavy atom. The van der Waals surface area contributed by atoms with E-state index in [4.69, 9.17) is 14.2 Å². The third-order valence-electron chi connectivity index (χ3n) is 7.22. The zero-order chi connectivity index (χ0) is 32.8. The van der Waals surface area contributed by atoms with Crippen LogP contribution in [-0.4, -0.2) is 47.3 Å². The average molecular weight is 664 g/mol. The fraction of sp³-hybridized carbons (Fsp3) is 0.294. The summed E-state index contributed by atoms with van der Waals surface area (Å²) in [6, 6.07) is 16.9. The summed E-state index contributed by atoms with van der Waals surface area (Å²) in [5.74, 6) is 0.144. The molecule has 12 heteroatoms. The first-order valence-corrected chi connectivity index (χ1v) is 16.6. The number of Topliss-reactive ketones (excluding diaryl/α,β-unsaturated/α-hetero) is 1. The number of ether oxygens (including phenoxy) is 3. The largest absolute Gasteiger partial charge is 0.507 e. The van der Waals surface area contributed by atoms with E-state index < -0.39 is 17.7 Å². The zero-order valence-electron chi connectivity index (χ0n) is 25.9. The summed E-state index contributed by atoms with van der Waals surface area (Å²) in [4.78, 5) is 28.6. The van der Waals surface area contributed by atoms with Gasteiger partial charge in [0, 0.05) is 11.3 Å². The van der Waals surface area contributed by atoms with Crippen molar-refractivity contribution < 1.29 is 33.3 Å². The second-order valence-electron chi connectivity index (χ2n) is 10.8. The summed E-state index contributed by atoms with van der Waals surface area (Å²) in [6.45, 7) is 7.05. The predicted molar refractivity (Wildman–Crippen MR) is 176 cm³/mol. The van der Waals surface area contributed by atoms with Crippen molar-refractivity contribution in [3.63, 3.8) is 0 Å².